The molecule has 1 aliphatic rings. The van der Waals surface area contributed by atoms with Crippen LogP contribution < -0.4 is 21.9 Å². The van der Waals surface area contributed by atoms with E-state index in [0.29, 0.717) is 0 Å². The van der Waals surface area contributed by atoms with Crippen molar-refractivity contribution in [1.29, 1.82) is 0 Å². The number of phosphoric acid groups is 1. The highest BCUT2D eigenvalue weighted by atomic mass is 31.2. The lowest BCUT2D eigenvalue weighted by Crippen LogP contribution is -2.37. The molecule has 0 spiro atoms. The summed E-state index contributed by atoms with van der Waals surface area (Å²) in [6.07, 6.45) is 6.86. The van der Waals surface area contributed by atoms with E-state index in [4.69, 9.17) is 24.7 Å². The third-order valence-electron chi connectivity index (χ3n) is 4.17. The molecule has 1 aromatic heterocycles. The van der Waals surface area contributed by atoms with E-state index in [2.05, 4.69) is 31.0 Å². The van der Waals surface area contributed by atoms with Gasteiger partial charge in [-0.1, -0.05) is 5.92 Å². The van der Waals surface area contributed by atoms with Gasteiger partial charge >= 0.3 is 25.7 Å². The molecule has 2 heterocycles. The number of alkyl carbamates (subject to hydrolysis) is 2. The van der Waals surface area contributed by atoms with Crippen LogP contribution in [-0.2, 0) is 32.3 Å². The number of ether oxygens (including phenoxy) is 3. The van der Waals surface area contributed by atoms with Crippen molar-refractivity contribution in [3.8, 4) is 12.3 Å². The van der Waals surface area contributed by atoms with E-state index in [0.717, 1.165) is 4.57 Å². The quantitative estimate of drug-likeness (QED) is 0.170. The normalized spacial score (nSPS) is 19.3. The first-order valence-corrected chi connectivity index (χ1v) is 10.9. The third kappa shape index (κ3) is 7.04. The summed E-state index contributed by atoms with van der Waals surface area (Å²) in [5, 5.41) is 4.29. The van der Waals surface area contributed by atoms with Crippen molar-refractivity contribution in [1.82, 2.24) is 20.2 Å². The number of rotatable bonds is 10. The molecule has 2 amide bonds. The number of aromatic amines is 1. The molecule has 2 rings (SSSR count). The van der Waals surface area contributed by atoms with Crippen molar-refractivity contribution in [2.24, 2.45) is 0 Å². The number of H-pyrrole nitrogens is 1. The molecule has 0 saturated heterocycles. The Bertz CT molecular complexity index is 1110. The maximum Gasteiger partial charge on any atom is 0.480 e. The summed E-state index contributed by atoms with van der Waals surface area (Å²) in [5.41, 5.74) is -2.67. The smallest absolute Gasteiger partial charge is 0.422 e. The van der Waals surface area contributed by atoms with Crippen LogP contribution in [0.2, 0.25) is 0 Å². The van der Waals surface area contributed by atoms with Gasteiger partial charge in [0, 0.05) is 25.9 Å². The van der Waals surface area contributed by atoms with Crippen molar-refractivity contribution < 1.29 is 41.9 Å². The summed E-state index contributed by atoms with van der Waals surface area (Å²) in [5.74, 6) is 2.32. The lowest BCUT2D eigenvalue weighted by Gasteiger charge is -2.26. The molecule has 0 radical (unpaired) electrons. The number of hydrogen-bond acceptors (Lipinski definition) is 11. The van der Waals surface area contributed by atoms with Crippen LogP contribution in [0.5, 0.6) is 0 Å². The molecular weight excluding hydrogens is 479 g/mol. The Kier molecular flexibility index (Phi) is 9.19. The summed E-state index contributed by atoms with van der Waals surface area (Å²) in [6, 6.07) is 0. The Balaban J connectivity index is 2.11. The van der Waals surface area contributed by atoms with Crippen molar-refractivity contribution in [3.05, 3.63) is 44.8 Å². The van der Waals surface area contributed by atoms with E-state index >= 15 is 0 Å². The second-order valence-electron chi connectivity index (χ2n) is 6.46. The van der Waals surface area contributed by atoms with Gasteiger partial charge in [0.25, 0.3) is 5.56 Å². The zero-order chi connectivity index (χ0) is 25.4. The highest BCUT2D eigenvalue weighted by molar-refractivity contribution is 7.48. The second-order valence-corrected chi connectivity index (χ2v) is 8.13. The molecule has 0 unspecified atom stereocenters. The lowest BCUT2D eigenvalue weighted by molar-refractivity contribution is -0.0621. The second kappa shape index (κ2) is 11.6. The van der Waals surface area contributed by atoms with Gasteiger partial charge < -0.3 is 24.8 Å². The third-order valence-corrected chi connectivity index (χ3v) is 5.46. The van der Waals surface area contributed by atoms with Gasteiger partial charge in [0.2, 0.25) is 13.6 Å². The van der Waals surface area contributed by atoms with Gasteiger partial charge in [-0.2, -0.15) is 0 Å². The van der Waals surface area contributed by atoms with Crippen LogP contribution in [0, 0.1) is 19.3 Å². The Morgan fingerprint density at radius 3 is 2.32 bits per heavy atom. The Morgan fingerprint density at radius 2 is 1.79 bits per heavy atom. The number of phosphoric ester groups is 1. The molecule has 0 aromatic carbocycles. The molecule has 0 fully saturated rings. The molecule has 0 saturated carbocycles. The summed E-state index contributed by atoms with van der Waals surface area (Å²) in [7, 11) is -1.93. The highest BCUT2D eigenvalue weighted by Gasteiger charge is 2.40. The van der Waals surface area contributed by atoms with Crippen LogP contribution in [0.3, 0.4) is 0 Å². The van der Waals surface area contributed by atoms with Gasteiger partial charge in [0.15, 0.2) is 11.8 Å². The number of terminal acetylenes is 1. The molecule has 34 heavy (non-hydrogen) atoms. The molecule has 1 aliphatic heterocycles. The first kappa shape index (κ1) is 26.8. The fourth-order valence-electron chi connectivity index (χ4n) is 2.38. The van der Waals surface area contributed by atoms with Crippen LogP contribution in [0.4, 0.5) is 9.59 Å². The first-order valence-electron chi connectivity index (χ1n) is 9.46. The van der Waals surface area contributed by atoms with Crippen molar-refractivity contribution in [2.45, 2.75) is 18.8 Å². The molecule has 2 atom stereocenters. The van der Waals surface area contributed by atoms with Gasteiger partial charge in [0.1, 0.15) is 6.61 Å². The van der Waals surface area contributed by atoms with Crippen LogP contribution in [0.1, 0.15) is 11.8 Å². The molecule has 0 aliphatic carbocycles. The summed E-state index contributed by atoms with van der Waals surface area (Å²) >= 11 is 0. The molecule has 186 valence electrons. The van der Waals surface area contributed by atoms with Crippen LogP contribution >= 0.6 is 7.82 Å². The lowest BCUT2D eigenvalue weighted by atomic mass is 10.1. The van der Waals surface area contributed by atoms with Crippen LogP contribution in [0.25, 0.3) is 0 Å². The van der Waals surface area contributed by atoms with E-state index in [1.165, 1.54) is 39.4 Å². The fraction of sp³-hybridized carbons (Fsp3) is 0.444. The molecule has 1 aromatic rings. The monoisotopic (exact) mass is 502 g/mol. The number of nitrogens with zero attached hydrogens (tertiary/aromatic N) is 1. The van der Waals surface area contributed by atoms with Gasteiger partial charge in [-0.3, -0.25) is 18.9 Å². The first-order chi connectivity index (χ1) is 16.1. The molecule has 0 bridgehead atoms. The predicted molar refractivity (Wildman–Crippen MR) is 113 cm³/mol. The van der Waals surface area contributed by atoms with Crippen molar-refractivity contribution >= 4 is 20.0 Å². The Hall–Kier alpha value is -3.41. The number of aryl methyl sites for hydroxylation is 1. The van der Waals surface area contributed by atoms with E-state index in [9.17, 15) is 23.7 Å². The standard InChI is InChI=1S/C18H23N4O11P/c1-5-18(7-6-13(33-18)22-8-12(2)14(23)21-15(22)24)9-30-34(27,31-10-28-16(25)19-3)32-11-29-17(26)20-4/h1,6-8,13H,9-11H2,2-4H3,(H,19,25)(H,20,26)(H,21,23,24)/t13-,18+/m1/s1. The number of amides is 2. The molecule has 3 N–H and O–H groups in total. The molecular formula is C18H23N4O11P. The van der Waals surface area contributed by atoms with E-state index < -0.39 is 63.3 Å². The zero-order valence-corrected chi connectivity index (χ0v) is 19.3. The van der Waals surface area contributed by atoms with E-state index in [1.807, 2.05) is 0 Å². The van der Waals surface area contributed by atoms with Crippen molar-refractivity contribution in [2.75, 3.05) is 34.3 Å². The van der Waals surface area contributed by atoms with Gasteiger partial charge in [0.05, 0.1) is 0 Å². The average Bonchev–Trinajstić information content (AvgIpc) is 3.24. The average molecular weight is 502 g/mol. The van der Waals surface area contributed by atoms with Crippen molar-refractivity contribution in [3.63, 3.8) is 0 Å². The van der Waals surface area contributed by atoms with E-state index in [1.54, 1.807) is 0 Å². The predicted octanol–water partition coefficient (Wildman–Crippen LogP) is 0.0869. The summed E-state index contributed by atoms with van der Waals surface area (Å²) < 4.78 is 43.9. The Morgan fingerprint density at radius 1 is 1.21 bits per heavy atom. The molecule has 15 nitrogen and oxygen atoms in total. The Labute approximate surface area is 192 Å². The maximum atomic E-state index is 12.9. The topological polar surface area (TPSA) is 186 Å². The maximum absolute atomic E-state index is 12.9. The van der Waals surface area contributed by atoms with Gasteiger partial charge in [-0.15, -0.1) is 6.42 Å². The summed E-state index contributed by atoms with van der Waals surface area (Å²) in [4.78, 5) is 48.2. The summed E-state index contributed by atoms with van der Waals surface area (Å²) in [6.45, 7) is -0.792. The van der Waals surface area contributed by atoms with Gasteiger partial charge in [-0.25, -0.2) is 28.0 Å². The van der Waals surface area contributed by atoms with Crippen LogP contribution in [0.15, 0.2) is 27.9 Å². The minimum Gasteiger partial charge on any atom is -0.422 e. The number of carbonyl (C=O) groups is 2. The number of nitrogens with one attached hydrogen (secondary N) is 3. The highest BCUT2D eigenvalue weighted by Crippen LogP contribution is 2.50. The SMILES string of the molecule is C#C[C@@]1(COP(=O)(OCOC(=O)NC)OCOC(=O)NC)C=C[C@H](n2cc(C)c(=O)[nH]c2=O)O1. The zero-order valence-electron chi connectivity index (χ0n) is 18.4. The largest absolute Gasteiger partial charge is 0.480 e. The van der Waals surface area contributed by atoms with Gasteiger partial charge in [-0.05, 0) is 19.1 Å². The molecule has 16 heteroatoms. The number of hydrogen-bond donors (Lipinski definition) is 3. The fourth-order valence-corrected chi connectivity index (χ4v) is 3.32. The minimum absolute atomic E-state index is 0.254. The van der Waals surface area contributed by atoms with E-state index in [-0.39, 0.29) is 5.56 Å². The minimum atomic E-state index is -4.51. The van der Waals surface area contributed by atoms with Crippen LogP contribution in [-0.4, -0.2) is 61.6 Å². The number of aromatic nitrogens is 2. The number of carbonyl (C=O) groups excluding carboxylic acids is 2.